The zero-order valence-corrected chi connectivity index (χ0v) is 11.7. The van der Waals surface area contributed by atoms with Crippen molar-refractivity contribution in [2.45, 2.75) is 13.2 Å². The van der Waals surface area contributed by atoms with E-state index in [0.717, 1.165) is 34.1 Å². The number of benzene rings is 2. The van der Waals surface area contributed by atoms with E-state index in [1.807, 2.05) is 36.4 Å². The molecular formula is C16H14O6. The van der Waals surface area contributed by atoms with Gasteiger partial charge in [0.05, 0.1) is 0 Å². The lowest BCUT2D eigenvalue weighted by atomic mass is 10.2. The molecule has 6 heteroatoms. The first-order valence-electron chi connectivity index (χ1n) is 6.90. The van der Waals surface area contributed by atoms with Gasteiger partial charge in [0.2, 0.25) is 13.6 Å². The molecule has 4 rings (SSSR count). The minimum Gasteiger partial charge on any atom is -0.454 e. The second-order valence-corrected chi connectivity index (χ2v) is 4.90. The molecule has 2 aromatic carbocycles. The zero-order valence-electron chi connectivity index (χ0n) is 11.7. The van der Waals surface area contributed by atoms with Crippen LogP contribution < -0.4 is 18.9 Å². The first-order valence-corrected chi connectivity index (χ1v) is 6.90. The molecule has 2 aliphatic rings. The summed E-state index contributed by atoms with van der Waals surface area (Å²) in [5.74, 6) is 2.98. The molecular weight excluding hydrogens is 288 g/mol. The Balaban J connectivity index is 1.29. The number of ether oxygens (including phenoxy) is 4. The van der Waals surface area contributed by atoms with Crippen LogP contribution in [-0.2, 0) is 23.0 Å². The minimum absolute atomic E-state index is 0.264. The Morgan fingerprint density at radius 2 is 1.09 bits per heavy atom. The topological polar surface area (TPSA) is 55.4 Å². The van der Waals surface area contributed by atoms with Crippen LogP contribution in [0.4, 0.5) is 0 Å². The van der Waals surface area contributed by atoms with Crippen molar-refractivity contribution in [1.29, 1.82) is 0 Å². The standard InChI is InChI=1S/C16H14O6/c1-3-13-15(19-9-17-13)5-11(1)7-21-22-8-12-2-4-14-16(6-12)20-10-18-14/h1-6H,7-10H2. The highest BCUT2D eigenvalue weighted by Gasteiger charge is 2.14. The third-order valence-electron chi connectivity index (χ3n) is 3.41. The van der Waals surface area contributed by atoms with Gasteiger partial charge in [-0.1, -0.05) is 12.1 Å². The molecule has 2 aliphatic heterocycles. The number of hydrogen-bond donors (Lipinski definition) is 0. The van der Waals surface area contributed by atoms with Crippen molar-refractivity contribution in [3.05, 3.63) is 47.5 Å². The monoisotopic (exact) mass is 302 g/mol. The van der Waals surface area contributed by atoms with Crippen LogP contribution in [0.25, 0.3) is 0 Å². The Morgan fingerprint density at radius 3 is 1.59 bits per heavy atom. The molecule has 0 unspecified atom stereocenters. The summed E-state index contributed by atoms with van der Waals surface area (Å²) in [5, 5.41) is 0. The van der Waals surface area contributed by atoms with E-state index in [1.165, 1.54) is 0 Å². The molecule has 0 N–H and O–H groups in total. The molecule has 114 valence electrons. The largest absolute Gasteiger partial charge is 0.454 e. The Labute approximate surface area is 127 Å². The summed E-state index contributed by atoms with van der Waals surface area (Å²) in [6.45, 7) is 1.20. The average Bonchev–Trinajstić information content (AvgIpc) is 3.19. The van der Waals surface area contributed by atoms with Gasteiger partial charge < -0.3 is 18.9 Å². The Bertz CT molecular complexity index is 625. The number of hydrogen-bond acceptors (Lipinski definition) is 6. The summed E-state index contributed by atoms with van der Waals surface area (Å²) in [5.41, 5.74) is 1.91. The molecule has 6 nitrogen and oxygen atoms in total. The summed E-state index contributed by atoms with van der Waals surface area (Å²) in [4.78, 5) is 10.5. The van der Waals surface area contributed by atoms with Crippen molar-refractivity contribution in [1.82, 2.24) is 0 Å². The highest BCUT2D eigenvalue weighted by Crippen LogP contribution is 2.33. The van der Waals surface area contributed by atoms with E-state index in [0.29, 0.717) is 13.2 Å². The Hall–Kier alpha value is -2.44. The number of fused-ring (bicyclic) bond motifs is 2. The summed E-state index contributed by atoms with van der Waals surface area (Å²) in [6, 6.07) is 11.3. The third-order valence-corrected chi connectivity index (χ3v) is 3.41. The number of rotatable bonds is 5. The lowest BCUT2D eigenvalue weighted by molar-refractivity contribution is -0.313. The quantitative estimate of drug-likeness (QED) is 0.481. The molecule has 0 saturated heterocycles. The van der Waals surface area contributed by atoms with E-state index in [9.17, 15) is 0 Å². The Kier molecular flexibility index (Phi) is 3.46. The second-order valence-electron chi connectivity index (χ2n) is 4.90. The third kappa shape index (κ3) is 2.66. The van der Waals surface area contributed by atoms with Crippen LogP contribution in [-0.4, -0.2) is 13.6 Å². The lowest BCUT2D eigenvalue weighted by Crippen LogP contribution is -1.96. The maximum absolute atomic E-state index is 5.31. The highest BCUT2D eigenvalue weighted by atomic mass is 17.2. The van der Waals surface area contributed by atoms with Crippen molar-refractivity contribution in [3.63, 3.8) is 0 Å². The maximum Gasteiger partial charge on any atom is 0.231 e. The zero-order chi connectivity index (χ0) is 14.8. The van der Waals surface area contributed by atoms with Gasteiger partial charge in [-0.05, 0) is 35.4 Å². The fourth-order valence-electron chi connectivity index (χ4n) is 2.28. The molecule has 2 heterocycles. The molecule has 0 aliphatic carbocycles. The molecule has 0 bridgehead atoms. The van der Waals surface area contributed by atoms with Crippen LogP contribution in [0, 0.1) is 0 Å². The van der Waals surface area contributed by atoms with Gasteiger partial charge in [-0.2, -0.15) is 0 Å². The van der Waals surface area contributed by atoms with Crippen LogP contribution >= 0.6 is 0 Å². The van der Waals surface area contributed by atoms with Crippen LogP contribution in [0.3, 0.4) is 0 Å². The fourth-order valence-corrected chi connectivity index (χ4v) is 2.28. The Morgan fingerprint density at radius 1 is 0.636 bits per heavy atom. The SMILES string of the molecule is c1cc2c(cc1COOCc1ccc3c(c1)OCO3)OCO2. The molecule has 0 fully saturated rings. The highest BCUT2D eigenvalue weighted by molar-refractivity contribution is 5.45. The van der Waals surface area contributed by atoms with E-state index in [-0.39, 0.29) is 13.6 Å². The van der Waals surface area contributed by atoms with Gasteiger partial charge in [0.25, 0.3) is 0 Å². The molecule has 22 heavy (non-hydrogen) atoms. The van der Waals surface area contributed by atoms with Gasteiger partial charge in [-0.15, -0.1) is 0 Å². The van der Waals surface area contributed by atoms with Gasteiger partial charge in [-0.3, -0.25) is 0 Å². The molecule has 0 spiro atoms. The summed E-state index contributed by atoms with van der Waals surface area (Å²) in [7, 11) is 0. The molecule has 0 atom stereocenters. The van der Waals surface area contributed by atoms with E-state index in [1.54, 1.807) is 0 Å². The van der Waals surface area contributed by atoms with Crippen LogP contribution in [0.5, 0.6) is 23.0 Å². The fraction of sp³-hybridized carbons (Fsp3) is 0.250. The van der Waals surface area contributed by atoms with Crippen molar-refractivity contribution in [2.24, 2.45) is 0 Å². The normalized spacial score (nSPS) is 14.4. The van der Waals surface area contributed by atoms with Crippen molar-refractivity contribution >= 4 is 0 Å². The second kappa shape index (κ2) is 5.75. The van der Waals surface area contributed by atoms with E-state index in [2.05, 4.69) is 0 Å². The molecule has 2 aromatic rings. The predicted octanol–water partition coefficient (Wildman–Crippen LogP) is 2.79. The molecule has 0 saturated carbocycles. The summed E-state index contributed by atoms with van der Waals surface area (Å²) in [6.07, 6.45) is 0. The van der Waals surface area contributed by atoms with Crippen molar-refractivity contribution in [2.75, 3.05) is 13.6 Å². The van der Waals surface area contributed by atoms with Gasteiger partial charge >= 0.3 is 0 Å². The van der Waals surface area contributed by atoms with Gasteiger partial charge in [0, 0.05) is 0 Å². The van der Waals surface area contributed by atoms with Crippen LogP contribution in [0.15, 0.2) is 36.4 Å². The summed E-state index contributed by atoms with van der Waals surface area (Å²) < 4.78 is 21.1. The lowest BCUT2D eigenvalue weighted by Gasteiger charge is -2.06. The van der Waals surface area contributed by atoms with E-state index in [4.69, 9.17) is 28.7 Å². The summed E-state index contributed by atoms with van der Waals surface area (Å²) >= 11 is 0. The van der Waals surface area contributed by atoms with E-state index >= 15 is 0 Å². The minimum atomic E-state index is 0.264. The predicted molar refractivity (Wildman–Crippen MR) is 74.7 cm³/mol. The first kappa shape index (κ1) is 13.2. The molecule has 0 amide bonds. The average molecular weight is 302 g/mol. The van der Waals surface area contributed by atoms with Crippen molar-refractivity contribution < 1.29 is 28.7 Å². The first-order chi connectivity index (χ1) is 10.9. The van der Waals surface area contributed by atoms with E-state index < -0.39 is 0 Å². The molecule has 0 radical (unpaired) electrons. The van der Waals surface area contributed by atoms with Gasteiger partial charge in [0.15, 0.2) is 23.0 Å². The maximum atomic E-state index is 5.31. The van der Waals surface area contributed by atoms with Crippen LogP contribution in [0.2, 0.25) is 0 Å². The van der Waals surface area contributed by atoms with Gasteiger partial charge in [-0.25, -0.2) is 9.78 Å². The smallest absolute Gasteiger partial charge is 0.231 e. The van der Waals surface area contributed by atoms with Crippen LogP contribution in [0.1, 0.15) is 11.1 Å². The van der Waals surface area contributed by atoms with Gasteiger partial charge in [0.1, 0.15) is 13.2 Å². The van der Waals surface area contributed by atoms with Crippen molar-refractivity contribution in [3.8, 4) is 23.0 Å². The molecule has 0 aromatic heterocycles.